The standard InChI is InChI=1S/C9H16/c1-9-7-5-3-2-4-6-8-9/h2-3,9H,4-8H2,1H3/b3-2-/t9-/m0/s1. The van der Waals surface area contributed by atoms with E-state index < -0.39 is 0 Å². The quantitative estimate of drug-likeness (QED) is 0.435. The topological polar surface area (TPSA) is 0 Å². The van der Waals surface area contributed by atoms with Crippen LogP contribution in [0.1, 0.15) is 39.0 Å². The summed E-state index contributed by atoms with van der Waals surface area (Å²) in [7, 11) is 0. The van der Waals surface area contributed by atoms with Crippen molar-refractivity contribution in [1.29, 1.82) is 0 Å². The summed E-state index contributed by atoms with van der Waals surface area (Å²) in [5.41, 5.74) is 0. The van der Waals surface area contributed by atoms with E-state index in [9.17, 15) is 0 Å². The van der Waals surface area contributed by atoms with Gasteiger partial charge in [0.15, 0.2) is 0 Å². The van der Waals surface area contributed by atoms with Crippen molar-refractivity contribution in [3.8, 4) is 0 Å². The van der Waals surface area contributed by atoms with Crippen LogP contribution in [0, 0.1) is 5.92 Å². The molecule has 1 rings (SSSR count). The molecule has 52 valence electrons. The molecule has 0 N–H and O–H groups in total. The molecule has 0 aliphatic heterocycles. The zero-order valence-electron chi connectivity index (χ0n) is 6.27. The van der Waals surface area contributed by atoms with Gasteiger partial charge in [0.1, 0.15) is 0 Å². The molecule has 0 saturated carbocycles. The van der Waals surface area contributed by atoms with E-state index in [1.165, 1.54) is 32.1 Å². The summed E-state index contributed by atoms with van der Waals surface area (Å²) in [6, 6.07) is 0. The Hall–Kier alpha value is -0.260. The summed E-state index contributed by atoms with van der Waals surface area (Å²) in [6.45, 7) is 2.36. The van der Waals surface area contributed by atoms with Gasteiger partial charge < -0.3 is 0 Å². The molecule has 0 amide bonds. The monoisotopic (exact) mass is 124 g/mol. The van der Waals surface area contributed by atoms with Gasteiger partial charge in [0.2, 0.25) is 0 Å². The lowest BCUT2D eigenvalue weighted by Gasteiger charge is -2.10. The van der Waals surface area contributed by atoms with Gasteiger partial charge in [-0.1, -0.05) is 25.5 Å². The predicted molar refractivity (Wildman–Crippen MR) is 41.4 cm³/mol. The van der Waals surface area contributed by atoms with Crippen molar-refractivity contribution in [1.82, 2.24) is 0 Å². The smallest absolute Gasteiger partial charge is 0.0348 e. The fourth-order valence-corrected chi connectivity index (χ4v) is 1.34. The van der Waals surface area contributed by atoms with E-state index in [-0.39, 0.29) is 0 Å². The average molecular weight is 124 g/mol. The zero-order valence-corrected chi connectivity index (χ0v) is 6.27. The van der Waals surface area contributed by atoms with E-state index in [0.717, 1.165) is 5.92 Å². The van der Waals surface area contributed by atoms with Gasteiger partial charge in [-0.2, -0.15) is 0 Å². The van der Waals surface area contributed by atoms with Crippen LogP contribution in [0.15, 0.2) is 12.2 Å². The van der Waals surface area contributed by atoms with Gasteiger partial charge in [-0.15, -0.1) is 0 Å². The highest BCUT2D eigenvalue weighted by Crippen LogP contribution is 2.16. The molecule has 1 atom stereocenters. The second kappa shape index (κ2) is 3.71. The predicted octanol–water partition coefficient (Wildman–Crippen LogP) is 3.14. The molecule has 0 radical (unpaired) electrons. The van der Waals surface area contributed by atoms with Crippen molar-refractivity contribution in [3.63, 3.8) is 0 Å². The van der Waals surface area contributed by atoms with Gasteiger partial charge in [-0.3, -0.25) is 0 Å². The van der Waals surface area contributed by atoms with Crippen molar-refractivity contribution in [2.45, 2.75) is 39.0 Å². The highest BCUT2D eigenvalue weighted by molar-refractivity contribution is 4.84. The Kier molecular flexibility index (Phi) is 2.82. The molecule has 0 aromatic heterocycles. The molecule has 1 aliphatic carbocycles. The summed E-state index contributed by atoms with van der Waals surface area (Å²) in [5, 5.41) is 0. The molecule has 0 fully saturated rings. The maximum absolute atomic E-state index is 2.36. The van der Waals surface area contributed by atoms with Gasteiger partial charge in [0.05, 0.1) is 0 Å². The van der Waals surface area contributed by atoms with Crippen LogP contribution in [-0.2, 0) is 0 Å². The van der Waals surface area contributed by atoms with Crippen LogP contribution in [0.4, 0.5) is 0 Å². The Bertz CT molecular complexity index is 92.2. The lowest BCUT2D eigenvalue weighted by molar-refractivity contribution is 0.474. The summed E-state index contributed by atoms with van der Waals surface area (Å²) in [5.74, 6) is 0.968. The third-order valence-corrected chi connectivity index (χ3v) is 2.06. The molecule has 0 heterocycles. The third-order valence-electron chi connectivity index (χ3n) is 2.06. The minimum atomic E-state index is 0.968. The molecule has 0 spiro atoms. The molecular weight excluding hydrogens is 108 g/mol. The normalized spacial score (nSPS) is 32.8. The number of hydrogen-bond acceptors (Lipinski definition) is 0. The maximum atomic E-state index is 2.36. The first-order valence-electron chi connectivity index (χ1n) is 4.04. The molecule has 0 saturated heterocycles. The fourth-order valence-electron chi connectivity index (χ4n) is 1.34. The van der Waals surface area contributed by atoms with Gasteiger partial charge >= 0.3 is 0 Å². The first-order chi connectivity index (χ1) is 4.39. The summed E-state index contributed by atoms with van der Waals surface area (Å²) in [6.07, 6.45) is 11.5. The van der Waals surface area contributed by atoms with E-state index in [1.54, 1.807) is 0 Å². The molecule has 9 heavy (non-hydrogen) atoms. The molecule has 0 bridgehead atoms. The highest BCUT2D eigenvalue weighted by atomic mass is 14.1. The van der Waals surface area contributed by atoms with Crippen LogP contribution in [0.5, 0.6) is 0 Å². The van der Waals surface area contributed by atoms with Crippen molar-refractivity contribution in [2.75, 3.05) is 0 Å². The third kappa shape index (κ3) is 2.69. The second-order valence-electron chi connectivity index (χ2n) is 3.08. The van der Waals surface area contributed by atoms with E-state index in [1.807, 2.05) is 0 Å². The average Bonchev–Trinajstić information content (AvgIpc) is 1.79. The van der Waals surface area contributed by atoms with Crippen molar-refractivity contribution in [2.24, 2.45) is 5.92 Å². The molecule has 0 unspecified atom stereocenters. The summed E-state index contributed by atoms with van der Waals surface area (Å²) in [4.78, 5) is 0. The summed E-state index contributed by atoms with van der Waals surface area (Å²) >= 11 is 0. The van der Waals surface area contributed by atoms with Gasteiger partial charge in [0, 0.05) is 0 Å². The maximum Gasteiger partial charge on any atom is -0.0348 e. The second-order valence-corrected chi connectivity index (χ2v) is 3.08. The molecule has 0 nitrogen and oxygen atoms in total. The molecule has 0 aromatic carbocycles. The van der Waals surface area contributed by atoms with Crippen LogP contribution >= 0.6 is 0 Å². The first kappa shape index (κ1) is 6.85. The largest absolute Gasteiger partial charge is 0.0885 e. The number of rotatable bonds is 0. The minimum absolute atomic E-state index is 0.968. The SMILES string of the molecule is C[C@H]1CC/C=C\CCC1. The Balaban J connectivity index is 2.27. The highest BCUT2D eigenvalue weighted by Gasteiger charge is 2.01. The van der Waals surface area contributed by atoms with E-state index in [4.69, 9.17) is 0 Å². The van der Waals surface area contributed by atoms with Crippen LogP contribution in [0.3, 0.4) is 0 Å². The van der Waals surface area contributed by atoms with E-state index >= 15 is 0 Å². The van der Waals surface area contributed by atoms with Crippen molar-refractivity contribution >= 4 is 0 Å². The zero-order chi connectivity index (χ0) is 6.53. The van der Waals surface area contributed by atoms with Gasteiger partial charge in [-0.05, 0) is 31.6 Å². The Morgan fingerprint density at radius 2 is 1.89 bits per heavy atom. The number of allylic oxidation sites excluding steroid dienone is 2. The van der Waals surface area contributed by atoms with Gasteiger partial charge in [-0.25, -0.2) is 0 Å². The Labute approximate surface area is 58.0 Å². The van der Waals surface area contributed by atoms with Crippen molar-refractivity contribution in [3.05, 3.63) is 12.2 Å². The van der Waals surface area contributed by atoms with Crippen LogP contribution < -0.4 is 0 Å². The summed E-state index contributed by atoms with van der Waals surface area (Å²) < 4.78 is 0. The Morgan fingerprint density at radius 3 is 2.78 bits per heavy atom. The lowest BCUT2D eigenvalue weighted by atomic mass is 9.96. The molecular formula is C9H16. The fraction of sp³-hybridized carbons (Fsp3) is 0.778. The minimum Gasteiger partial charge on any atom is -0.0885 e. The molecule has 0 aromatic rings. The number of hydrogen-bond donors (Lipinski definition) is 0. The van der Waals surface area contributed by atoms with Crippen LogP contribution in [0.2, 0.25) is 0 Å². The van der Waals surface area contributed by atoms with Crippen LogP contribution in [0.25, 0.3) is 0 Å². The first-order valence-corrected chi connectivity index (χ1v) is 4.04. The van der Waals surface area contributed by atoms with Crippen molar-refractivity contribution < 1.29 is 0 Å². The Morgan fingerprint density at radius 1 is 1.11 bits per heavy atom. The van der Waals surface area contributed by atoms with Gasteiger partial charge in [0.25, 0.3) is 0 Å². The molecule has 1 aliphatic rings. The van der Waals surface area contributed by atoms with E-state index in [0.29, 0.717) is 0 Å². The molecule has 0 heteroatoms. The van der Waals surface area contributed by atoms with Crippen LogP contribution in [-0.4, -0.2) is 0 Å². The van der Waals surface area contributed by atoms with E-state index in [2.05, 4.69) is 19.1 Å². The lowest BCUT2D eigenvalue weighted by Crippen LogP contribution is -1.95.